The highest BCUT2D eigenvalue weighted by molar-refractivity contribution is 5.67. The zero-order chi connectivity index (χ0) is 17.1. The monoisotopic (exact) mass is 304 g/mol. The molecule has 0 N–H and O–H groups in total. The lowest BCUT2D eigenvalue weighted by Gasteiger charge is -2.09. The van der Waals surface area contributed by atoms with Gasteiger partial charge in [0.1, 0.15) is 0 Å². The molecular weight excluding hydrogens is 276 g/mol. The lowest BCUT2D eigenvalue weighted by atomic mass is 9.96. The quantitative estimate of drug-likeness (QED) is 0.557. The summed E-state index contributed by atoms with van der Waals surface area (Å²) in [7, 11) is 0. The molecule has 0 atom stereocenters. The minimum absolute atomic E-state index is 1.28. The van der Waals surface area contributed by atoms with Crippen molar-refractivity contribution in [2.24, 2.45) is 0 Å². The van der Waals surface area contributed by atoms with Crippen LogP contribution < -0.4 is 0 Å². The average molecular weight is 304 g/mol. The van der Waals surface area contributed by atoms with Crippen molar-refractivity contribution < 1.29 is 0 Å². The zero-order valence-corrected chi connectivity index (χ0v) is 15.5. The summed E-state index contributed by atoms with van der Waals surface area (Å²) in [5.41, 5.74) is 12.0. The average Bonchev–Trinajstić information content (AvgIpc) is 2.41. The SMILES string of the molecule is CC(/C=C/c1c(C)cc(C)cc1C)=C\c1c(C)cc(C)cc1C. The molecule has 0 bridgehead atoms. The molecule has 0 aliphatic rings. The molecule has 120 valence electrons. The first-order valence-corrected chi connectivity index (χ1v) is 8.30. The highest BCUT2D eigenvalue weighted by atomic mass is 14.1. The summed E-state index contributed by atoms with van der Waals surface area (Å²) in [6, 6.07) is 9.01. The molecule has 0 spiro atoms. The Morgan fingerprint density at radius 2 is 1.04 bits per heavy atom. The summed E-state index contributed by atoms with van der Waals surface area (Å²) < 4.78 is 0. The van der Waals surface area contributed by atoms with Gasteiger partial charge >= 0.3 is 0 Å². The first kappa shape index (κ1) is 17.3. The molecule has 0 aliphatic carbocycles. The molecule has 0 saturated heterocycles. The lowest BCUT2D eigenvalue weighted by molar-refractivity contribution is 1.29. The highest BCUT2D eigenvalue weighted by Gasteiger charge is 2.02. The van der Waals surface area contributed by atoms with Gasteiger partial charge in [-0.3, -0.25) is 0 Å². The fourth-order valence-electron chi connectivity index (χ4n) is 3.36. The van der Waals surface area contributed by atoms with Gasteiger partial charge in [0.05, 0.1) is 0 Å². The van der Waals surface area contributed by atoms with Crippen LogP contribution >= 0.6 is 0 Å². The van der Waals surface area contributed by atoms with Gasteiger partial charge in [-0.15, -0.1) is 0 Å². The summed E-state index contributed by atoms with van der Waals surface area (Å²) >= 11 is 0. The molecule has 0 nitrogen and oxygen atoms in total. The topological polar surface area (TPSA) is 0 Å². The number of hydrogen-bond donors (Lipinski definition) is 0. The third-order valence-electron chi connectivity index (χ3n) is 4.36. The lowest BCUT2D eigenvalue weighted by Crippen LogP contribution is -1.90. The maximum Gasteiger partial charge on any atom is -0.0195 e. The van der Waals surface area contributed by atoms with Gasteiger partial charge in [0.15, 0.2) is 0 Å². The van der Waals surface area contributed by atoms with E-state index < -0.39 is 0 Å². The van der Waals surface area contributed by atoms with Crippen molar-refractivity contribution in [2.75, 3.05) is 0 Å². The van der Waals surface area contributed by atoms with E-state index in [4.69, 9.17) is 0 Å². The largest absolute Gasteiger partial charge is 0.0587 e. The molecule has 0 amide bonds. The van der Waals surface area contributed by atoms with Gasteiger partial charge in [-0.25, -0.2) is 0 Å². The van der Waals surface area contributed by atoms with E-state index in [1.807, 2.05) is 0 Å². The van der Waals surface area contributed by atoms with Crippen molar-refractivity contribution >= 4 is 12.2 Å². The summed E-state index contributed by atoms with van der Waals surface area (Å²) in [5.74, 6) is 0. The van der Waals surface area contributed by atoms with E-state index >= 15 is 0 Å². The normalized spacial score (nSPS) is 12.2. The Kier molecular flexibility index (Phi) is 5.26. The zero-order valence-electron chi connectivity index (χ0n) is 15.5. The molecular formula is C23H28. The van der Waals surface area contributed by atoms with Crippen molar-refractivity contribution in [3.63, 3.8) is 0 Å². The number of benzene rings is 2. The minimum atomic E-state index is 1.28. The van der Waals surface area contributed by atoms with Crippen molar-refractivity contribution in [2.45, 2.75) is 48.5 Å². The molecule has 2 aromatic rings. The second kappa shape index (κ2) is 7.00. The summed E-state index contributed by atoms with van der Waals surface area (Å²) in [6.45, 7) is 15.2. The Bertz CT molecular complexity index is 740. The van der Waals surface area contributed by atoms with E-state index in [2.05, 4.69) is 91.0 Å². The summed E-state index contributed by atoms with van der Waals surface area (Å²) in [6.07, 6.45) is 6.76. The molecule has 0 unspecified atom stereocenters. The number of allylic oxidation sites excluding steroid dienone is 2. The standard InChI is InChI=1S/C23H28/c1-15(14-23-20(6)12-17(3)13-21(23)7)8-9-22-18(4)10-16(2)11-19(22)5/h8-14H,1-7H3/b9-8+,15-14+. The Morgan fingerprint density at radius 3 is 1.48 bits per heavy atom. The van der Waals surface area contributed by atoms with E-state index in [1.165, 1.54) is 50.1 Å². The molecule has 0 aromatic heterocycles. The molecule has 0 radical (unpaired) electrons. The third-order valence-corrected chi connectivity index (χ3v) is 4.36. The predicted octanol–water partition coefficient (Wildman–Crippen LogP) is 6.65. The summed E-state index contributed by atoms with van der Waals surface area (Å²) in [5, 5.41) is 0. The molecule has 0 fully saturated rings. The van der Waals surface area contributed by atoms with Crippen molar-refractivity contribution in [1.29, 1.82) is 0 Å². The van der Waals surface area contributed by atoms with E-state index in [0.29, 0.717) is 0 Å². The van der Waals surface area contributed by atoms with Gasteiger partial charge in [0.25, 0.3) is 0 Å². The van der Waals surface area contributed by atoms with Gasteiger partial charge in [0, 0.05) is 0 Å². The highest BCUT2D eigenvalue weighted by Crippen LogP contribution is 2.22. The molecule has 0 aliphatic heterocycles. The van der Waals surface area contributed by atoms with Gasteiger partial charge in [-0.2, -0.15) is 0 Å². The number of hydrogen-bond acceptors (Lipinski definition) is 0. The van der Waals surface area contributed by atoms with Crippen LogP contribution in [-0.4, -0.2) is 0 Å². The van der Waals surface area contributed by atoms with Crippen LogP contribution in [0.25, 0.3) is 12.2 Å². The van der Waals surface area contributed by atoms with Crippen LogP contribution in [0.5, 0.6) is 0 Å². The smallest absolute Gasteiger partial charge is 0.0195 e. The molecule has 0 saturated carbocycles. The van der Waals surface area contributed by atoms with Crippen LogP contribution in [-0.2, 0) is 0 Å². The maximum atomic E-state index is 2.29. The second-order valence-corrected chi connectivity index (χ2v) is 6.85. The van der Waals surface area contributed by atoms with Crippen LogP contribution in [0.15, 0.2) is 35.9 Å². The number of rotatable bonds is 3. The van der Waals surface area contributed by atoms with Crippen LogP contribution in [0.1, 0.15) is 51.4 Å². The predicted molar refractivity (Wildman–Crippen MR) is 104 cm³/mol. The fourth-order valence-corrected chi connectivity index (χ4v) is 3.36. The summed E-state index contributed by atoms with van der Waals surface area (Å²) in [4.78, 5) is 0. The van der Waals surface area contributed by atoms with Crippen molar-refractivity contribution in [3.05, 3.63) is 80.4 Å². The van der Waals surface area contributed by atoms with Crippen LogP contribution in [0.4, 0.5) is 0 Å². The Hall–Kier alpha value is -2.08. The fraction of sp³-hybridized carbons (Fsp3) is 0.304. The van der Waals surface area contributed by atoms with E-state index in [1.54, 1.807) is 0 Å². The maximum absolute atomic E-state index is 2.29. The molecule has 0 heterocycles. The molecule has 23 heavy (non-hydrogen) atoms. The van der Waals surface area contributed by atoms with Gasteiger partial charge in [-0.05, 0) is 81.8 Å². The van der Waals surface area contributed by atoms with Crippen molar-refractivity contribution in [1.82, 2.24) is 0 Å². The molecule has 2 rings (SSSR count). The van der Waals surface area contributed by atoms with Gasteiger partial charge in [0.2, 0.25) is 0 Å². The van der Waals surface area contributed by atoms with E-state index in [9.17, 15) is 0 Å². The Balaban J connectivity index is 2.34. The first-order chi connectivity index (χ1) is 10.8. The van der Waals surface area contributed by atoms with Crippen LogP contribution in [0, 0.1) is 41.5 Å². The van der Waals surface area contributed by atoms with E-state index in [0.717, 1.165) is 0 Å². The Labute approximate surface area is 141 Å². The Morgan fingerprint density at radius 1 is 0.652 bits per heavy atom. The second-order valence-electron chi connectivity index (χ2n) is 6.85. The van der Waals surface area contributed by atoms with Crippen LogP contribution in [0.2, 0.25) is 0 Å². The minimum Gasteiger partial charge on any atom is -0.0587 e. The number of aryl methyl sites for hydroxylation is 6. The van der Waals surface area contributed by atoms with E-state index in [-0.39, 0.29) is 0 Å². The van der Waals surface area contributed by atoms with Crippen molar-refractivity contribution in [3.8, 4) is 0 Å². The first-order valence-electron chi connectivity index (χ1n) is 8.30. The molecule has 0 heteroatoms. The third kappa shape index (κ3) is 4.22. The van der Waals surface area contributed by atoms with Gasteiger partial charge in [-0.1, -0.05) is 59.2 Å². The van der Waals surface area contributed by atoms with Crippen LogP contribution in [0.3, 0.4) is 0 Å². The molecule has 2 aromatic carbocycles. The van der Waals surface area contributed by atoms with Gasteiger partial charge < -0.3 is 0 Å².